The fraction of sp³-hybridized carbons (Fsp3) is 0.429. The van der Waals surface area contributed by atoms with Gasteiger partial charge in [-0.2, -0.15) is 0 Å². The third-order valence-corrected chi connectivity index (χ3v) is 2.55. The lowest BCUT2D eigenvalue weighted by Crippen LogP contribution is -2.23. The van der Waals surface area contributed by atoms with Gasteiger partial charge >= 0.3 is 0 Å². The molecule has 1 aromatic carbocycles. The van der Waals surface area contributed by atoms with E-state index in [0.717, 1.165) is 12.3 Å². The van der Waals surface area contributed by atoms with E-state index in [1.54, 1.807) is 13.2 Å². The van der Waals surface area contributed by atoms with Crippen LogP contribution in [0.15, 0.2) is 36.9 Å². The van der Waals surface area contributed by atoms with E-state index < -0.39 is 0 Å². The Balaban J connectivity index is 2.30. The molecule has 0 heterocycles. The topological polar surface area (TPSA) is 30.5 Å². The van der Waals surface area contributed by atoms with E-state index >= 15 is 0 Å². The van der Waals surface area contributed by atoms with Crippen molar-refractivity contribution in [2.45, 2.75) is 13.0 Å². The van der Waals surface area contributed by atoms with Gasteiger partial charge < -0.3 is 14.8 Å². The highest BCUT2D eigenvalue weighted by Crippen LogP contribution is 2.16. The van der Waals surface area contributed by atoms with Crippen LogP contribution in [0.4, 0.5) is 0 Å². The lowest BCUT2D eigenvalue weighted by atomic mass is 10.1. The number of hydrogen-bond acceptors (Lipinski definition) is 3. The van der Waals surface area contributed by atoms with Crippen molar-refractivity contribution in [2.75, 3.05) is 26.9 Å². The summed E-state index contributed by atoms with van der Waals surface area (Å²) >= 11 is 0. The average molecular weight is 235 g/mol. The van der Waals surface area contributed by atoms with Gasteiger partial charge in [-0.15, -0.1) is 6.58 Å². The SMILES string of the molecule is C=CCOCCNC(C)c1ccc(OC)cc1. The number of rotatable bonds is 8. The molecule has 1 aromatic rings. The molecular weight excluding hydrogens is 214 g/mol. The molecule has 1 N–H and O–H groups in total. The van der Waals surface area contributed by atoms with Crippen molar-refractivity contribution in [1.29, 1.82) is 0 Å². The first-order valence-electron chi connectivity index (χ1n) is 5.84. The van der Waals surface area contributed by atoms with Crippen LogP contribution >= 0.6 is 0 Å². The molecule has 0 fully saturated rings. The van der Waals surface area contributed by atoms with E-state index in [1.165, 1.54) is 5.56 Å². The summed E-state index contributed by atoms with van der Waals surface area (Å²) < 4.78 is 10.4. The molecule has 0 aliphatic heterocycles. The smallest absolute Gasteiger partial charge is 0.118 e. The molecule has 0 saturated carbocycles. The van der Waals surface area contributed by atoms with Crippen molar-refractivity contribution in [3.05, 3.63) is 42.5 Å². The maximum atomic E-state index is 5.31. The zero-order chi connectivity index (χ0) is 12.5. The van der Waals surface area contributed by atoms with Crippen molar-refractivity contribution >= 4 is 0 Å². The number of hydrogen-bond donors (Lipinski definition) is 1. The largest absolute Gasteiger partial charge is 0.497 e. The van der Waals surface area contributed by atoms with E-state index in [0.29, 0.717) is 19.3 Å². The molecule has 1 atom stereocenters. The standard InChI is InChI=1S/C14H21NO2/c1-4-10-17-11-9-15-12(2)13-5-7-14(16-3)8-6-13/h4-8,12,15H,1,9-11H2,2-3H3. The van der Waals surface area contributed by atoms with Gasteiger partial charge in [-0.25, -0.2) is 0 Å². The van der Waals surface area contributed by atoms with Crippen molar-refractivity contribution < 1.29 is 9.47 Å². The lowest BCUT2D eigenvalue weighted by molar-refractivity contribution is 0.162. The Morgan fingerprint density at radius 1 is 1.35 bits per heavy atom. The van der Waals surface area contributed by atoms with Crippen LogP contribution in [0.25, 0.3) is 0 Å². The van der Waals surface area contributed by atoms with E-state index in [9.17, 15) is 0 Å². The van der Waals surface area contributed by atoms with Crippen molar-refractivity contribution in [1.82, 2.24) is 5.32 Å². The molecule has 3 nitrogen and oxygen atoms in total. The second kappa shape index (κ2) is 7.87. The molecule has 0 aliphatic rings. The summed E-state index contributed by atoms with van der Waals surface area (Å²) in [6.07, 6.45) is 1.76. The molecule has 0 amide bonds. The Hall–Kier alpha value is -1.32. The molecule has 17 heavy (non-hydrogen) atoms. The highest BCUT2D eigenvalue weighted by Gasteiger charge is 2.03. The maximum Gasteiger partial charge on any atom is 0.118 e. The van der Waals surface area contributed by atoms with Gasteiger partial charge in [-0.1, -0.05) is 18.2 Å². The van der Waals surface area contributed by atoms with Crippen LogP contribution in [-0.4, -0.2) is 26.9 Å². The number of benzene rings is 1. The van der Waals surface area contributed by atoms with Gasteiger partial charge in [0, 0.05) is 12.6 Å². The average Bonchev–Trinajstić information content (AvgIpc) is 2.38. The molecule has 94 valence electrons. The lowest BCUT2D eigenvalue weighted by Gasteiger charge is -2.14. The summed E-state index contributed by atoms with van der Waals surface area (Å²) in [4.78, 5) is 0. The van der Waals surface area contributed by atoms with Crippen LogP contribution in [-0.2, 0) is 4.74 Å². The first-order chi connectivity index (χ1) is 8.27. The summed E-state index contributed by atoms with van der Waals surface area (Å²) in [5, 5.41) is 3.40. The van der Waals surface area contributed by atoms with Crippen molar-refractivity contribution in [3.63, 3.8) is 0 Å². The number of ether oxygens (including phenoxy) is 2. The fourth-order valence-electron chi connectivity index (χ4n) is 1.52. The molecule has 0 saturated heterocycles. The molecule has 0 aromatic heterocycles. The predicted octanol–water partition coefficient (Wildman–Crippen LogP) is 2.55. The zero-order valence-electron chi connectivity index (χ0n) is 10.6. The predicted molar refractivity (Wildman–Crippen MR) is 70.4 cm³/mol. The van der Waals surface area contributed by atoms with Crippen molar-refractivity contribution in [2.24, 2.45) is 0 Å². The van der Waals surface area contributed by atoms with Crippen LogP contribution in [0.3, 0.4) is 0 Å². The molecule has 0 bridgehead atoms. The quantitative estimate of drug-likeness (QED) is 0.555. The van der Waals surface area contributed by atoms with Crippen LogP contribution < -0.4 is 10.1 Å². The second-order valence-corrected chi connectivity index (χ2v) is 3.81. The fourth-order valence-corrected chi connectivity index (χ4v) is 1.52. The summed E-state index contributed by atoms with van der Waals surface area (Å²) in [7, 11) is 1.67. The minimum absolute atomic E-state index is 0.313. The molecule has 1 unspecified atom stereocenters. The molecule has 0 radical (unpaired) electrons. The Morgan fingerprint density at radius 3 is 2.65 bits per heavy atom. The van der Waals surface area contributed by atoms with Gasteiger partial charge in [0.05, 0.1) is 20.3 Å². The summed E-state index contributed by atoms with van der Waals surface area (Å²) in [5.41, 5.74) is 1.24. The molecule has 0 aliphatic carbocycles. The second-order valence-electron chi connectivity index (χ2n) is 3.81. The first-order valence-corrected chi connectivity index (χ1v) is 5.84. The minimum Gasteiger partial charge on any atom is -0.497 e. The Morgan fingerprint density at radius 2 is 2.06 bits per heavy atom. The highest BCUT2D eigenvalue weighted by molar-refractivity contribution is 5.28. The molecule has 1 rings (SSSR count). The Kier molecular flexibility index (Phi) is 6.37. The van der Waals surface area contributed by atoms with Gasteiger partial charge in [-0.3, -0.25) is 0 Å². The highest BCUT2D eigenvalue weighted by atomic mass is 16.5. The molecular formula is C14H21NO2. The molecule has 0 spiro atoms. The minimum atomic E-state index is 0.313. The number of nitrogens with one attached hydrogen (secondary N) is 1. The monoisotopic (exact) mass is 235 g/mol. The summed E-state index contributed by atoms with van der Waals surface area (Å²) in [6.45, 7) is 7.88. The zero-order valence-corrected chi connectivity index (χ0v) is 10.6. The van der Waals surface area contributed by atoms with Gasteiger partial charge in [0.15, 0.2) is 0 Å². The Labute approximate surface area is 103 Å². The van der Waals surface area contributed by atoms with Gasteiger partial charge in [-0.05, 0) is 24.6 Å². The maximum absolute atomic E-state index is 5.31. The third-order valence-electron chi connectivity index (χ3n) is 2.55. The summed E-state index contributed by atoms with van der Waals surface area (Å²) in [6, 6.07) is 8.40. The van der Waals surface area contributed by atoms with Crippen LogP contribution in [0.1, 0.15) is 18.5 Å². The van der Waals surface area contributed by atoms with Gasteiger partial charge in [0.2, 0.25) is 0 Å². The third kappa shape index (κ3) is 5.02. The number of methoxy groups -OCH3 is 1. The summed E-state index contributed by atoms with van der Waals surface area (Å²) in [5.74, 6) is 0.885. The van der Waals surface area contributed by atoms with Crippen molar-refractivity contribution in [3.8, 4) is 5.75 Å². The van der Waals surface area contributed by atoms with Crippen LogP contribution in [0.2, 0.25) is 0 Å². The van der Waals surface area contributed by atoms with E-state index in [2.05, 4.69) is 31.0 Å². The molecule has 3 heteroatoms. The van der Waals surface area contributed by atoms with Crippen LogP contribution in [0.5, 0.6) is 5.75 Å². The van der Waals surface area contributed by atoms with Crippen LogP contribution in [0, 0.1) is 0 Å². The first kappa shape index (κ1) is 13.7. The van der Waals surface area contributed by atoms with E-state index in [-0.39, 0.29) is 0 Å². The van der Waals surface area contributed by atoms with E-state index in [4.69, 9.17) is 9.47 Å². The van der Waals surface area contributed by atoms with Gasteiger partial charge in [0.25, 0.3) is 0 Å². The normalized spacial score (nSPS) is 12.1. The van der Waals surface area contributed by atoms with E-state index in [1.807, 2.05) is 12.1 Å². The van der Waals surface area contributed by atoms with Gasteiger partial charge in [0.1, 0.15) is 5.75 Å². The Bertz CT molecular complexity index is 321.